The number of carbonyl (C=O) groups excluding carboxylic acids is 2. The van der Waals surface area contributed by atoms with Crippen molar-refractivity contribution in [1.29, 1.82) is 0 Å². The predicted molar refractivity (Wildman–Crippen MR) is 85.5 cm³/mol. The molecule has 1 amide bonds. The molecule has 0 fully saturated rings. The zero-order chi connectivity index (χ0) is 16.4. The van der Waals surface area contributed by atoms with Crippen molar-refractivity contribution in [3.05, 3.63) is 59.8 Å². The van der Waals surface area contributed by atoms with Gasteiger partial charge in [-0.3, -0.25) is 4.79 Å². The van der Waals surface area contributed by atoms with Crippen LogP contribution in [0.15, 0.2) is 48.7 Å². The van der Waals surface area contributed by atoms with Crippen LogP contribution < -0.4 is 5.73 Å². The zero-order valence-electron chi connectivity index (χ0n) is 12.5. The fourth-order valence-corrected chi connectivity index (χ4v) is 2.36. The van der Waals surface area contributed by atoms with Crippen molar-refractivity contribution in [2.24, 2.45) is 5.73 Å². The molecule has 0 radical (unpaired) electrons. The maximum absolute atomic E-state index is 11.9. The molecule has 0 aliphatic rings. The smallest absolute Gasteiger partial charge is 0.338 e. The molecule has 1 heterocycles. The zero-order valence-corrected chi connectivity index (χ0v) is 12.5. The van der Waals surface area contributed by atoms with Crippen molar-refractivity contribution in [3.8, 4) is 5.69 Å². The lowest BCUT2D eigenvalue weighted by Crippen LogP contribution is -2.10. The SMILES string of the molecule is CCOC(=O)c1cccc(-n2ncc3ccc(C(N)=O)cc32)c1. The van der Waals surface area contributed by atoms with Gasteiger partial charge in [0.25, 0.3) is 0 Å². The van der Waals surface area contributed by atoms with E-state index in [2.05, 4.69) is 5.10 Å². The summed E-state index contributed by atoms with van der Waals surface area (Å²) in [5, 5.41) is 5.20. The third-order valence-corrected chi connectivity index (χ3v) is 3.46. The Morgan fingerprint density at radius 2 is 2.00 bits per heavy atom. The van der Waals surface area contributed by atoms with Gasteiger partial charge in [-0.2, -0.15) is 5.10 Å². The average molecular weight is 309 g/mol. The van der Waals surface area contributed by atoms with Crippen LogP contribution >= 0.6 is 0 Å². The van der Waals surface area contributed by atoms with Crippen LogP contribution in [0.4, 0.5) is 0 Å². The van der Waals surface area contributed by atoms with Crippen LogP contribution in [-0.2, 0) is 4.74 Å². The molecule has 0 aliphatic heterocycles. The number of fused-ring (bicyclic) bond motifs is 1. The quantitative estimate of drug-likeness (QED) is 0.749. The summed E-state index contributed by atoms with van der Waals surface area (Å²) in [5.74, 6) is -0.886. The summed E-state index contributed by atoms with van der Waals surface area (Å²) in [6.45, 7) is 2.07. The Balaban J connectivity index is 2.09. The van der Waals surface area contributed by atoms with Crippen molar-refractivity contribution < 1.29 is 14.3 Å². The van der Waals surface area contributed by atoms with Crippen LogP contribution in [-0.4, -0.2) is 28.3 Å². The summed E-state index contributed by atoms with van der Waals surface area (Å²) >= 11 is 0. The molecular formula is C17H15N3O3. The number of primary amides is 1. The van der Waals surface area contributed by atoms with Crippen molar-refractivity contribution in [3.63, 3.8) is 0 Å². The Morgan fingerprint density at radius 3 is 2.74 bits per heavy atom. The maximum atomic E-state index is 11.9. The second kappa shape index (κ2) is 5.92. The Bertz CT molecular complexity index is 899. The standard InChI is InChI=1S/C17H15N3O3/c1-2-23-17(22)12-4-3-5-14(8-12)20-15-9-11(16(18)21)6-7-13(15)10-19-20/h3-10H,2H2,1H3,(H2,18,21). The molecule has 23 heavy (non-hydrogen) atoms. The van der Waals surface area contributed by atoms with Gasteiger partial charge in [0.2, 0.25) is 5.91 Å². The number of ether oxygens (including phenoxy) is 1. The molecule has 0 saturated carbocycles. The van der Waals surface area contributed by atoms with E-state index in [4.69, 9.17) is 10.5 Å². The van der Waals surface area contributed by atoms with Gasteiger partial charge in [-0.05, 0) is 37.3 Å². The second-order valence-corrected chi connectivity index (χ2v) is 4.97. The van der Waals surface area contributed by atoms with Gasteiger partial charge in [0, 0.05) is 10.9 Å². The highest BCUT2D eigenvalue weighted by Crippen LogP contribution is 2.20. The lowest BCUT2D eigenvalue weighted by molar-refractivity contribution is 0.0526. The van der Waals surface area contributed by atoms with Gasteiger partial charge in [-0.15, -0.1) is 0 Å². The highest BCUT2D eigenvalue weighted by Gasteiger charge is 2.11. The monoisotopic (exact) mass is 309 g/mol. The minimum absolute atomic E-state index is 0.315. The number of nitrogens with zero attached hydrogens (tertiary/aromatic N) is 2. The van der Waals surface area contributed by atoms with E-state index in [0.29, 0.717) is 23.4 Å². The first-order valence-electron chi connectivity index (χ1n) is 7.15. The topological polar surface area (TPSA) is 87.2 Å². The van der Waals surface area contributed by atoms with Crippen LogP contribution in [0.25, 0.3) is 16.6 Å². The first-order valence-corrected chi connectivity index (χ1v) is 7.15. The van der Waals surface area contributed by atoms with Gasteiger partial charge >= 0.3 is 5.97 Å². The maximum Gasteiger partial charge on any atom is 0.338 e. The van der Waals surface area contributed by atoms with Gasteiger partial charge in [-0.1, -0.05) is 12.1 Å². The number of nitrogens with two attached hydrogens (primary N) is 1. The molecule has 0 aliphatic carbocycles. The van der Waals surface area contributed by atoms with E-state index in [1.54, 1.807) is 54.2 Å². The lowest BCUT2D eigenvalue weighted by atomic mass is 10.1. The largest absolute Gasteiger partial charge is 0.462 e. The number of rotatable bonds is 4. The third-order valence-electron chi connectivity index (χ3n) is 3.46. The number of esters is 1. The molecule has 0 unspecified atom stereocenters. The van der Waals surface area contributed by atoms with Crippen LogP contribution in [0.3, 0.4) is 0 Å². The number of hydrogen-bond acceptors (Lipinski definition) is 4. The highest BCUT2D eigenvalue weighted by molar-refractivity contribution is 5.97. The van der Waals surface area contributed by atoms with E-state index < -0.39 is 5.91 Å². The number of amides is 1. The van der Waals surface area contributed by atoms with E-state index >= 15 is 0 Å². The van der Waals surface area contributed by atoms with Crippen LogP contribution in [0.5, 0.6) is 0 Å². The molecule has 3 rings (SSSR count). The highest BCUT2D eigenvalue weighted by atomic mass is 16.5. The van der Waals surface area contributed by atoms with E-state index in [-0.39, 0.29) is 5.97 Å². The number of benzene rings is 2. The van der Waals surface area contributed by atoms with Crippen LogP contribution in [0.1, 0.15) is 27.6 Å². The Labute approximate surface area is 132 Å². The summed E-state index contributed by atoms with van der Waals surface area (Å²) in [6, 6.07) is 12.1. The molecule has 1 aromatic heterocycles. The molecule has 2 aromatic carbocycles. The summed E-state index contributed by atoms with van der Waals surface area (Å²) in [4.78, 5) is 23.2. The molecule has 0 saturated heterocycles. The molecular weight excluding hydrogens is 294 g/mol. The van der Waals surface area contributed by atoms with Crippen molar-refractivity contribution >= 4 is 22.8 Å². The first kappa shape index (κ1) is 14.8. The number of hydrogen-bond donors (Lipinski definition) is 1. The van der Waals surface area contributed by atoms with E-state index in [9.17, 15) is 9.59 Å². The predicted octanol–water partition coefficient (Wildman–Crippen LogP) is 2.30. The fourth-order valence-electron chi connectivity index (χ4n) is 2.36. The molecule has 0 atom stereocenters. The van der Waals surface area contributed by atoms with Gasteiger partial charge < -0.3 is 10.5 Å². The Kier molecular flexibility index (Phi) is 3.80. The van der Waals surface area contributed by atoms with Crippen molar-refractivity contribution in [2.45, 2.75) is 6.92 Å². The normalized spacial score (nSPS) is 10.7. The average Bonchev–Trinajstić information content (AvgIpc) is 2.98. The van der Waals surface area contributed by atoms with Crippen LogP contribution in [0.2, 0.25) is 0 Å². The van der Waals surface area contributed by atoms with Crippen molar-refractivity contribution in [1.82, 2.24) is 9.78 Å². The Morgan fingerprint density at radius 1 is 1.17 bits per heavy atom. The minimum Gasteiger partial charge on any atom is -0.462 e. The molecule has 3 aromatic rings. The molecule has 6 heteroatoms. The molecule has 116 valence electrons. The summed E-state index contributed by atoms with van der Waals surface area (Å²) in [6.07, 6.45) is 1.69. The van der Waals surface area contributed by atoms with Gasteiger partial charge in [-0.25, -0.2) is 9.48 Å². The van der Waals surface area contributed by atoms with Gasteiger partial charge in [0.15, 0.2) is 0 Å². The van der Waals surface area contributed by atoms with Gasteiger partial charge in [0.05, 0.1) is 29.6 Å². The third kappa shape index (κ3) is 2.78. The summed E-state index contributed by atoms with van der Waals surface area (Å²) < 4.78 is 6.67. The lowest BCUT2D eigenvalue weighted by Gasteiger charge is -2.07. The second-order valence-electron chi connectivity index (χ2n) is 4.97. The van der Waals surface area contributed by atoms with E-state index in [1.165, 1.54) is 0 Å². The molecule has 0 bridgehead atoms. The van der Waals surface area contributed by atoms with Crippen LogP contribution in [0, 0.1) is 0 Å². The van der Waals surface area contributed by atoms with Gasteiger partial charge in [0.1, 0.15) is 0 Å². The molecule has 6 nitrogen and oxygen atoms in total. The minimum atomic E-state index is -0.500. The molecule has 2 N–H and O–H groups in total. The summed E-state index contributed by atoms with van der Waals surface area (Å²) in [7, 11) is 0. The first-order chi connectivity index (χ1) is 11.1. The molecule has 0 spiro atoms. The number of aromatic nitrogens is 2. The Hall–Kier alpha value is -3.15. The van der Waals surface area contributed by atoms with E-state index in [0.717, 1.165) is 10.9 Å². The summed E-state index contributed by atoms with van der Waals surface area (Å²) in [5.41, 5.74) is 7.62. The number of carbonyl (C=O) groups is 2. The van der Waals surface area contributed by atoms with Crippen molar-refractivity contribution in [2.75, 3.05) is 6.61 Å². The van der Waals surface area contributed by atoms with E-state index in [1.807, 2.05) is 6.07 Å². The fraction of sp³-hybridized carbons (Fsp3) is 0.118.